The maximum Gasteiger partial charge on any atom is 0.0900 e. The molecule has 6 aromatic rings. The highest BCUT2D eigenvalue weighted by molar-refractivity contribution is 5.74. The molecule has 0 fully saturated rings. The molecule has 188 valence electrons. The molecule has 5 heteroatoms. The molecule has 0 N–H and O–H groups in total. The third kappa shape index (κ3) is 5.78. The van der Waals surface area contributed by atoms with Crippen LogP contribution in [0, 0.1) is 6.92 Å². The Bertz CT molecular complexity index is 1640. The summed E-state index contributed by atoms with van der Waals surface area (Å²) in [6.45, 7) is 2.07. The van der Waals surface area contributed by atoms with Crippen molar-refractivity contribution >= 4 is 0 Å². The molecule has 0 atom stereocenters. The molecule has 0 spiro atoms. The molecule has 0 aliphatic heterocycles. The molecule has 5 nitrogen and oxygen atoms in total. The van der Waals surface area contributed by atoms with Gasteiger partial charge in [-0.1, -0.05) is 36.4 Å². The monoisotopic (exact) mass is 505 g/mol. The van der Waals surface area contributed by atoms with Crippen molar-refractivity contribution in [3.63, 3.8) is 0 Å². The summed E-state index contributed by atoms with van der Waals surface area (Å²) < 4.78 is 0. The lowest BCUT2D eigenvalue weighted by Crippen LogP contribution is -1.95. The molecule has 0 bridgehead atoms. The van der Waals surface area contributed by atoms with Gasteiger partial charge in [0, 0.05) is 24.8 Å². The number of benzene rings is 1. The first kappa shape index (κ1) is 24.3. The van der Waals surface area contributed by atoms with Gasteiger partial charge in [-0.2, -0.15) is 0 Å². The molecule has 1 aromatic carbocycles. The molecule has 0 saturated carbocycles. The molecule has 0 aliphatic carbocycles. The number of rotatable bonds is 7. The van der Waals surface area contributed by atoms with E-state index in [0.717, 1.165) is 58.1 Å². The first-order valence-corrected chi connectivity index (χ1v) is 13.0. The Morgan fingerprint density at radius 3 is 1.64 bits per heavy atom. The number of aryl methyl sites for hydroxylation is 3. The van der Waals surface area contributed by atoms with Crippen LogP contribution in [0.4, 0.5) is 0 Å². The Labute approximate surface area is 228 Å². The highest BCUT2D eigenvalue weighted by Crippen LogP contribution is 2.29. The molecule has 0 unspecified atom stereocenters. The third-order valence-corrected chi connectivity index (χ3v) is 6.67. The maximum atomic E-state index is 4.88. The zero-order chi connectivity index (χ0) is 26.4. The van der Waals surface area contributed by atoms with Crippen LogP contribution >= 0.6 is 0 Å². The average molecular weight is 506 g/mol. The summed E-state index contributed by atoms with van der Waals surface area (Å²) in [4.78, 5) is 22.9. The van der Waals surface area contributed by atoms with Crippen molar-refractivity contribution in [2.24, 2.45) is 0 Å². The lowest BCUT2D eigenvalue weighted by molar-refractivity contribution is 0.956. The van der Waals surface area contributed by atoms with Crippen molar-refractivity contribution < 1.29 is 0 Å². The van der Waals surface area contributed by atoms with Crippen LogP contribution in [-0.2, 0) is 12.8 Å². The lowest BCUT2D eigenvalue weighted by atomic mass is 9.99. The highest BCUT2D eigenvalue weighted by atomic mass is 14.8. The zero-order valence-corrected chi connectivity index (χ0v) is 21.7. The normalized spacial score (nSPS) is 10.9. The van der Waals surface area contributed by atoms with Gasteiger partial charge < -0.3 is 0 Å². The standard InChI is InChI=1S/C34H27N5/c1-24-14-18-37-31(20-24)32-21-26(15-19-38-32)9-8-25-10-12-27(13-11-25)28-22-33(29-6-2-4-16-35-29)39-34(23-28)30-7-3-5-17-36-30/h2-7,10-23H,8-9H2,1H3. The summed E-state index contributed by atoms with van der Waals surface area (Å²) in [7, 11) is 0. The van der Waals surface area contributed by atoms with E-state index in [0.29, 0.717) is 0 Å². The van der Waals surface area contributed by atoms with E-state index in [2.05, 4.69) is 81.5 Å². The number of pyridine rings is 5. The van der Waals surface area contributed by atoms with E-state index < -0.39 is 0 Å². The van der Waals surface area contributed by atoms with Crippen LogP contribution in [0.1, 0.15) is 16.7 Å². The predicted octanol–water partition coefficient (Wildman–Crippen LogP) is 7.42. The van der Waals surface area contributed by atoms with Crippen molar-refractivity contribution in [3.05, 3.63) is 139 Å². The first-order chi connectivity index (χ1) is 19.2. The van der Waals surface area contributed by atoms with Gasteiger partial charge >= 0.3 is 0 Å². The minimum absolute atomic E-state index is 0.828. The summed E-state index contributed by atoms with van der Waals surface area (Å²) in [5.74, 6) is 0. The van der Waals surface area contributed by atoms with Gasteiger partial charge in [-0.3, -0.25) is 19.9 Å². The van der Waals surface area contributed by atoms with Gasteiger partial charge in [-0.05, 0) is 108 Å². The van der Waals surface area contributed by atoms with E-state index in [-0.39, 0.29) is 0 Å². The summed E-state index contributed by atoms with van der Waals surface area (Å²) >= 11 is 0. The van der Waals surface area contributed by atoms with Crippen molar-refractivity contribution in [3.8, 4) is 45.3 Å². The van der Waals surface area contributed by atoms with Gasteiger partial charge in [-0.25, -0.2) is 4.98 Å². The van der Waals surface area contributed by atoms with E-state index in [1.165, 1.54) is 16.7 Å². The quantitative estimate of drug-likeness (QED) is 0.226. The van der Waals surface area contributed by atoms with Crippen LogP contribution in [0.2, 0.25) is 0 Å². The molecular formula is C34H27N5. The third-order valence-electron chi connectivity index (χ3n) is 6.67. The summed E-state index contributed by atoms with van der Waals surface area (Å²) in [6, 6.07) is 33.0. The Balaban J connectivity index is 1.24. The van der Waals surface area contributed by atoms with Crippen LogP contribution in [-0.4, -0.2) is 24.9 Å². The molecule has 39 heavy (non-hydrogen) atoms. The van der Waals surface area contributed by atoms with Crippen molar-refractivity contribution in [1.29, 1.82) is 0 Å². The fourth-order valence-electron chi connectivity index (χ4n) is 4.59. The molecule has 5 heterocycles. The number of hydrogen-bond donors (Lipinski definition) is 0. The Kier molecular flexibility index (Phi) is 6.95. The highest BCUT2D eigenvalue weighted by Gasteiger charge is 2.11. The van der Waals surface area contributed by atoms with Crippen molar-refractivity contribution in [1.82, 2.24) is 24.9 Å². The summed E-state index contributed by atoms with van der Waals surface area (Å²) in [5.41, 5.74) is 11.1. The Hall–Kier alpha value is -5.03. The second kappa shape index (κ2) is 11.2. The number of nitrogens with zero attached hydrogens (tertiary/aromatic N) is 5. The van der Waals surface area contributed by atoms with Gasteiger partial charge in [0.25, 0.3) is 0 Å². The second-order valence-electron chi connectivity index (χ2n) is 9.52. The smallest absolute Gasteiger partial charge is 0.0900 e. The number of aromatic nitrogens is 5. The van der Waals surface area contributed by atoms with Crippen LogP contribution < -0.4 is 0 Å². The summed E-state index contributed by atoms with van der Waals surface area (Å²) in [5, 5.41) is 0. The topological polar surface area (TPSA) is 64.5 Å². The molecule has 0 amide bonds. The SMILES string of the molecule is Cc1ccnc(-c2cc(CCc3ccc(-c4cc(-c5ccccn5)nc(-c5ccccn5)c4)cc3)ccn2)c1. The fraction of sp³-hybridized carbons (Fsp3) is 0.0882. The predicted molar refractivity (Wildman–Crippen MR) is 156 cm³/mol. The van der Waals surface area contributed by atoms with E-state index in [1.54, 1.807) is 12.4 Å². The van der Waals surface area contributed by atoms with E-state index in [9.17, 15) is 0 Å². The molecule has 0 aliphatic rings. The number of hydrogen-bond acceptors (Lipinski definition) is 5. The average Bonchev–Trinajstić information content (AvgIpc) is 3.01. The van der Waals surface area contributed by atoms with Crippen LogP contribution in [0.3, 0.4) is 0 Å². The van der Waals surface area contributed by atoms with Crippen molar-refractivity contribution in [2.45, 2.75) is 19.8 Å². The lowest BCUT2D eigenvalue weighted by Gasteiger charge is -2.10. The van der Waals surface area contributed by atoms with Gasteiger partial charge in [0.05, 0.1) is 34.2 Å². The fourth-order valence-corrected chi connectivity index (χ4v) is 4.59. The van der Waals surface area contributed by atoms with Crippen LogP contribution in [0.25, 0.3) is 45.3 Å². The largest absolute Gasteiger partial charge is 0.255 e. The maximum absolute atomic E-state index is 4.88. The van der Waals surface area contributed by atoms with Gasteiger partial charge in [-0.15, -0.1) is 0 Å². The Morgan fingerprint density at radius 1 is 0.436 bits per heavy atom. The zero-order valence-electron chi connectivity index (χ0n) is 21.7. The molecule has 0 saturated heterocycles. The Morgan fingerprint density at radius 2 is 1.03 bits per heavy atom. The van der Waals surface area contributed by atoms with E-state index in [1.807, 2.05) is 54.9 Å². The molecule has 5 aromatic heterocycles. The van der Waals surface area contributed by atoms with Gasteiger partial charge in [0.1, 0.15) is 0 Å². The summed E-state index contributed by atoms with van der Waals surface area (Å²) in [6.07, 6.45) is 9.18. The van der Waals surface area contributed by atoms with Gasteiger partial charge in [0.2, 0.25) is 0 Å². The molecule has 0 radical (unpaired) electrons. The first-order valence-electron chi connectivity index (χ1n) is 13.0. The minimum Gasteiger partial charge on any atom is -0.255 e. The van der Waals surface area contributed by atoms with Crippen LogP contribution in [0.15, 0.2) is 122 Å². The van der Waals surface area contributed by atoms with Crippen LogP contribution in [0.5, 0.6) is 0 Å². The molecule has 6 rings (SSSR count). The minimum atomic E-state index is 0.828. The van der Waals surface area contributed by atoms with Crippen molar-refractivity contribution in [2.75, 3.05) is 0 Å². The van der Waals surface area contributed by atoms with Gasteiger partial charge in [0.15, 0.2) is 0 Å². The van der Waals surface area contributed by atoms with E-state index in [4.69, 9.17) is 4.98 Å². The second-order valence-corrected chi connectivity index (χ2v) is 9.52. The molecular weight excluding hydrogens is 478 g/mol. The van der Waals surface area contributed by atoms with E-state index >= 15 is 0 Å².